The highest BCUT2D eigenvalue weighted by Gasteiger charge is 2.05. The average Bonchev–Trinajstić information content (AvgIpc) is 2.76. The maximum atomic E-state index is 2.53. The SMILES string of the molecule is CCCCCCCCCCC/C=C\CN(Cc1ccccc1)Cc1ccccc1. The maximum absolute atomic E-state index is 2.53. The van der Waals surface area contributed by atoms with Gasteiger partial charge in [0.2, 0.25) is 0 Å². The molecule has 0 fully saturated rings. The molecule has 2 aromatic carbocycles. The zero-order valence-corrected chi connectivity index (χ0v) is 18.6. The van der Waals surface area contributed by atoms with Gasteiger partial charge in [-0.3, -0.25) is 4.90 Å². The Balaban J connectivity index is 1.65. The first-order chi connectivity index (χ1) is 14.4. The minimum Gasteiger partial charge on any atom is -0.291 e. The van der Waals surface area contributed by atoms with E-state index in [1.807, 2.05) is 0 Å². The average molecular weight is 392 g/mol. The highest BCUT2D eigenvalue weighted by Crippen LogP contribution is 2.12. The van der Waals surface area contributed by atoms with Crippen LogP contribution in [0.4, 0.5) is 0 Å². The first kappa shape index (κ1) is 23.4. The molecular weight excluding hydrogens is 350 g/mol. The lowest BCUT2D eigenvalue weighted by Gasteiger charge is -2.21. The largest absolute Gasteiger partial charge is 0.291 e. The fourth-order valence-electron chi connectivity index (χ4n) is 3.78. The van der Waals surface area contributed by atoms with Crippen LogP contribution < -0.4 is 0 Å². The van der Waals surface area contributed by atoms with Gasteiger partial charge in [-0.05, 0) is 24.0 Å². The number of hydrogen-bond donors (Lipinski definition) is 0. The van der Waals surface area contributed by atoms with Crippen LogP contribution in [-0.4, -0.2) is 11.4 Å². The Morgan fingerprint density at radius 2 is 1.07 bits per heavy atom. The number of allylic oxidation sites excluding steroid dienone is 1. The van der Waals surface area contributed by atoms with Gasteiger partial charge in [-0.2, -0.15) is 0 Å². The Hall–Kier alpha value is -1.86. The van der Waals surface area contributed by atoms with Crippen molar-refractivity contribution in [1.82, 2.24) is 4.90 Å². The highest BCUT2D eigenvalue weighted by atomic mass is 15.1. The van der Waals surface area contributed by atoms with Crippen molar-refractivity contribution in [2.45, 2.75) is 84.2 Å². The van der Waals surface area contributed by atoms with Crippen molar-refractivity contribution in [2.75, 3.05) is 6.54 Å². The molecule has 29 heavy (non-hydrogen) atoms. The molecule has 158 valence electrons. The van der Waals surface area contributed by atoms with Crippen LogP contribution >= 0.6 is 0 Å². The lowest BCUT2D eigenvalue weighted by atomic mass is 10.1. The zero-order chi connectivity index (χ0) is 20.4. The van der Waals surface area contributed by atoms with Crippen LogP contribution in [-0.2, 0) is 13.1 Å². The van der Waals surface area contributed by atoms with Crippen molar-refractivity contribution in [1.29, 1.82) is 0 Å². The minimum atomic E-state index is 0.998. The van der Waals surface area contributed by atoms with Gasteiger partial charge < -0.3 is 0 Å². The van der Waals surface area contributed by atoms with Gasteiger partial charge in [-0.25, -0.2) is 0 Å². The summed E-state index contributed by atoms with van der Waals surface area (Å²) in [4.78, 5) is 2.53. The van der Waals surface area contributed by atoms with Crippen molar-refractivity contribution in [3.63, 3.8) is 0 Å². The van der Waals surface area contributed by atoms with Crippen LogP contribution in [0.2, 0.25) is 0 Å². The molecule has 1 heteroatoms. The molecule has 0 bridgehead atoms. The summed E-state index contributed by atoms with van der Waals surface area (Å²) in [5, 5.41) is 0. The lowest BCUT2D eigenvalue weighted by molar-refractivity contribution is 0.285. The Morgan fingerprint density at radius 3 is 1.59 bits per heavy atom. The molecule has 1 nitrogen and oxygen atoms in total. The van der Waals surface area contributed by atoms with Gasteiger partial charge in [0.1, 0.15) is 0 Å². The topological polar surface area (TPSA) is 3.24 Å². The molecular formula is C28H41N. The van der Waals surface area contributed by atoms with Crippen LogP contribution in [0.15, 0.2) is 72.8 Å². The molecule has 0 atom stereocenters. The van der Waals surface area contributed by atoms with Gasteiger partial charge in [-0.1, -0.05) is 131 Å². The van der Waals surface area contributed by atoms with E-state index in [1.165, 1.54) is 75.3 Å². The van der Waals surface area contributed by atoms with Crippen molar-refractivity contribution >= 4 is 0 Å². The molecule has 0 saturated carbocycles. The fourth-order valence-corrected chi connectivity index (χ4v) is 3.78. The predicted octanol–water partition coefficient (Wildman–Crippen LogP) is 8.17. The summed E-state index contributed by atoms with van der Waals surface area (Å²) < 4.78 is 0. The van der Waals surface area contributed by atoms with E-state index < -0.39 is 0 Å². The fraction of sp³-hybridized carbons (Fsp3) is 0.500. The van der Waals surface area contributed by atoms with E-state index in [0.29, 0.717) is 0 Å². The number of rotatable bonds is 16. The van der Waals surface area contributed by atoms with E-state index in [-0.39, 0.29) is 0 Å². The molecule has 0 heterocycles. The Bertz CT molecular complexity index is 590. The molecule has 2 rings (SSSR count). The van der Waals surface area contributed by atoms with Gasteiger partial charge >= 0.3 is 0 Å². The molecule has 0 saturated heterocycles. The van der Waals surface area contributed by atoms with Crippen LogP contribution in [0.5, 0.6) is 0 Å². The smallest absolute Gasteiger partial charge is 0.0240 e. The predicted molar refractivity (Wildman–Crippen MR) is 128 cm³/mol. The summed E-state index contributed by atoms with van der Waals surface area (Å²) in [7, 11) is 0. The van der Waals surface area contributed by atoms with Gasteiger partial charge in [-0.15, -0.1) is 0 Å². The van der Waals surface area contributed by atoms with E-state index in [4.69, 9.17) is 0 Å². The molecule has 0 aromatic heterocycles. The first-order valence-electron chi connectivity index (χ1n) is 11.8. The quantitative estimate of drug-likeness (QED) is 0.206. The van der Waals surface area contributed by atoms with Gasteiger partial charge in [0, 0.05) is 19.6 Å². The number of unbranched alkanes of at least 4 members (excludes halogenated alkanes) is 9. The second-order valence-electron chi connectivity index (χ2n) is 8.23. The van der Waals surface area contributed by atoms with E-state index in [1.54, 1.807) is 0 Å². The van der Waals surface area contributed by atoms with E-state index in [2.05, 4.69) is 84.6 Å². The molecule has 0 unspecified atom stereocenters. The molecule has 0 N–H and O–H groups in total. The minimum absolute atomic E-state index is 0.998. The number of nitrogens with zero attached hydrogens (tertiary/aromatic N) is 1. The van der Waals surface area contributed by atoms with Crippen molar-refractivity contribution < 1.29 is 0 Å². The van der Waals surface area contributed by atoms with Crippen LogP contribution in [0, 0.1) is 0 Å². The third-order valence-electron chi connectivity index (χ3n) is 5.50. The zero-order valence-electron chi connectivity index (χ0n) is 18.6. The molecule has 0 radical (unpaired) electrons. The summed E-state index contributed by atoms with van der Waals surface area (Å²) in [6, 6.07) is 21.6. The van der Waals surface area contributed by atoms with Crippen molar-refractivity contribution in [3.05, 3.63) is 83.9 Å². The van der Waals surface area contributed by atoms with Gasteiger partial charge in [0.15, 0.2) is 0 Å². The summed E-state index contributed by atoms with van der Waals surface area (Å²) in [6.45, 7) is 5.30. The third kappa shape index (κ3) is 11.7. The Morgan fingerprint density at radius 1 is 0.586 bits per heavy atom. The molecule has 0 aliphatic carbocycles. The molecule has 0 amide bonds. The van der Waals surface area contributed by atoms with Crippen molar-refractivity contribution in [3.8, 4) is 0 Å². The molecule has 0 spiro atoms. The third-order valence-corrected chi connectivity index (χ3v) is 5.50. The summed E-state index contributed by atoms with van der Waals surface area (Å²) in [6.07, 6.45) is 18.6. The molecule has 0 aliphatic heterocycles. The lowest BCUT2D eigenvalue weighted by Crippen LogP contribution is -2.22. The Labute approximate surface area is 179 Å². The second kappa shape index (κ2) is 16.0. The van der Waals surface area contributed by atoms with Gasteiger partial charge in [0.25, 0.3) is 0 Å². The standard InChI is InChI=1S/C28H41N/c1-2-3-4-5-6-7-8-9-10-11-12-19-24-29(25-27-20-15-13-16-21-27)26-28-22-17-14-18-23-28/h12-23H,2-11,24-26H2,1H3/b19-12-. The summed E-state index contributed by atoms with van der Waals surface area (Å²) in [5.41, 5.74) is 2.77. The first-order valence-corrected chi connectivity index (χ1v) is 11.8. The highest BCUT2D eigenvalue weighted by molar-refractivity contribution is 5.17. The van der Waals surface area contributed by atoms with Crippen molar-refractivity contribution in [2.24, 2.45) is 0 Å². The monoisotopic (exact) mass is 391 g/mol. The van der Waals surface area contributed by atoms with Crippen LogP contribution in [0.1, 0.15) is 82.3 Å². The number of hydrogen-bond acceptors (Lipinski definition) is 1. The van der Waals surface area contributed by atoms with Crippen LogP contribution in [0.25, 0.3) is 0 Å². The van der Waals surface area contributed by atoms with E-state index in [9.17, 15) is 0 Å². The van der Waals surface area contributed by atoms with Crippen LogP contribution in [0.3, 0.4) is 0 Å². The number of benzene rings is 2. The summed E-state index contributed by atoms with van der Waals surface area (Å²) in [5.74, 6) is 0. The molecule has 0 aliphatic rings. The van der Waals surface area contributed by atoms with E-state index in [0.717, 1.165) is 19.6 Å². The second-order valence-corrected chi connectivity index (χ2v) is 8.23. The Kier molecular flexibility index (Phi) is 12.9. The normalized spacial score (nSPS) is 11.5. The molecule has 2 aromatic rings. The maximum Gasteiger partial charge on any atom is 0.0240 e. The summed E-state index contributed by atoms with van der Waals surface area (Å²) >= 11 is 0. The van der Waals surface area contributed by atoms with Gasteiger partial charge in [0.05, 0.1) is 0 Å². The van der Waals surface area contributed by atoms with E-state index >= 15 is 0 Å².